The number of amides is 2. The molecule has 3 aromatic carbocycles. The quantitative estimate of drug-likeness (QED) is 0.162. The summed E-state index contributed by atoms with van der Waals surface area (Å²) < 4.78 is 0. The van der Waals surface area contributed by atoms with Crippen LogP contribution in [0, 0.1) is 0 Å². The van der Waals surface area contributed by atoms with Crippen LogP contribution < -0.4 is 10.3 Å². The summed E-state index contributed by atoms with van der Waals surface area (Å²) in [6.45, 7) is 1.44. The lowest BCUT2D eigenvalue weighted by atomic mass is 10.0. The molecule has 0 spiro atoms. The van der Waals surface area contributed by atoms with E-state index >= 15 is 0 Å². The number of nitrogens with one attached hydrogen (secondary N) is 1. The Kier molecular flexibility index (Phi) is 7.81. The number of hydrogen-bond donors (Lipinski definition) is 3. The first-order chi connectivity index (χ1) is 22.4. The number of anilines is 1. The van der Waals surface area contributed by atoms with Crippen molar-refractivity contribution >= 4 is 58.8 Å². The first kappa shape index (κ1) is 29.4. The molecule has 0 bridgehead atoms. The fraction of sp³-hybridized carbons (Fsp3) is 0.118. The van der Waals surface area contributed by atoms with Crippen LogP contribution in [-0.2, 0) is 9.59 Å². The molecule has 2 aliphatic rings. The zero-order valence-corrected chi connectivity index (χ0v) is 26.2. The topological polar surface area (TPSA) is 124 Å². The highest BCUT2D eigenvalue weighted by molar-refractivity contribution is 7.81. The van der Waals surface area contributed by atoms with Crippen molar-refractivity contribution in [1.82, 2.24) is 25.5 Å². The Balaban J connectivity index is 1.16. The van der Waals surface area contributed by atoms with Crippen LogP contribution >= 0.6 is 24.0 Å². The van der Waals surface area contributed by atoms with Crippen molar-refractivity contribution in [1.29, 1.82) is 0 Å². The molecule has 0 fully saturated rings. The van der Waals surface area contributed by atoms with Gasteiger partial charge in [0.05, 0.1) is 17.0 Å². The van der Waals surface area contributed by atoms with E-state index in [2.05, 4.69) is 38.3 Å². The predicted octanol–water partition coefficient (Wildman–Crippen LogP) is 5.30. The maximum Gasteiger partial charge on any atom is 0.260 e. The van der Waals surface area contributed by atoms with Crippen molar-refractivity contribution < 1.29 is 14.7 Å². The molecule has 2 amide bonds. The minimum absolute atomic E-state index is 0.0196. The van der Waals surface area contributed by atoms with E-state index in [1.54, 1.807) is 52.5 Å². The molecule has 4 heterocycles. The molecule has 12 heteroatoms. The van der Waals surface area contributed by atoms with Crippen molar-refractivity contribution in [2.75, 3.05) is 11.6 Å². The van der Waals surface area contributed by atoms with Gasteiger partial charge in [-0.15, -0.1) is 10.2 Å². The van der Waals surface area contributed by atoms with Gasteiger partial charge < -0.3 is 10.0 Å². The molecular weight excluding hydrogens is 619 g/mol. The highest BCUT2D eigenvalue weighted by Gasteiger charge is 2.41. The summed E-state index contributed by atoms with van der Waals surface area (Å²) in [5.41, 5.74) is 9.24. The van der Waals surface area contributed by atoms with Gasteiger partial charge in [0.15, 0.2) is 0 Å². The highest BCUT2D eigenvalue weighted by atomic mass is 32.1. The van der Waals surface area contributed by atoms with E-state index in [4.69, 9.17) is 0 Å². The molecule has 2 atom stereocenters. The van der Waals surface area contributed by atoms with E-state index in [-0.39, 0.29) is 24.2 Å². The van der Waals surface area contributed by atoms with Crippen molar-refractivity contribution in [2.45, 2.75) is 18.3 Å². The summed E-state index contributed by atoms with van der Waals surface area (Å²) >= 11 is 6.06. The smallest absolute Gasteiger partial charge is 0.260 e. The Morgan fingerprint density at radius 1 is 0.957 bits per heavy atom. The van der Waals surface area contributed by atoms with Crippen LogP contribution in [-0.4, -0.2) is 60.8 Å². The van der Waals surface area contributed by atoms with Gasteiger partial charge in [-0.25, -0.2) is 0 Å². The van der Waals surface area contributed by atoms with Crippen LogP contribution in [0.5, 0.6) is 5.75 Å². The monoisotopic (exact) mass is 645 g/mol. The van der Waals surface area contributed by atoms with Crippen LogP contribution in [0.25, 0.3) is 33.3 Å². The van der Waals surface area contributed by atoms with Crippen LogP contribution in [0.4, 0.5) is 5.69 Å². The zero-order chi connectivity index (χ0) is 31.8. The lowest BCUT2D eigenvalue weighted by Crippen LogP contribution is -2.53. The molecule has 0 radical (unpaired) electrons. The Morgan fingerprint density at radius 2 is 1.63 bits per heavy atom. The van der Waals surface area contributed by atoms with Gasteiger partial charge >= 0.3 is 0 Å². The molecule has 2 aliphatic heterocycles. The number of thiol groups is 1. The van der Waals surface area contributed by atoms with Gasteiger partial charge in [-0.2, -0.15) is 17.7 Å². The van der Waals surface area contributed by atoms with E-state index < -0.39 is 11.4 Å². The number of aromatic nitrogens is 3. The van der Waals surface area contributed by atoms with E-state index in [1.165, 1.54) is 18.3 Å². The summed E-state index contributed by atoms with van der Waals surface area (Å²) in [6.07, 6.45) is 5.29. The molecule has 0 saturated heterocycles. The van der Waals surface area contributed by atoms with Crippen molar-refractivity contribution in [3.05, 3.63) is 113 Å². The average Bonchev–Trinajstić information content (AvgIpc) is 3.77. The molecule has 7 rings (SSSR count). The molecule has 0 saturated carbocycles. The second-order valence-corrected chi connectivity index (χ2v) is 12.3. The van der Waals surface area contributed by atoms with Gasteiger partial charge in [0.1, 0.15) is 33.8 Å². The van der Waals surface area contributed by atoms with Gasteiger partial charge in [-0.3, -0.25) is 24.9 Å². The number of para-hydroxylation sites is 1. The van der Waals surface area contributed by atoms with Crippen molar-refractivity contribution in [2.24, 2.45) is 5.10 Å². The number of phenolic OH excluding ortho intramolecular Hbond substituents is 1. The van der Waals surface area contributed by atoms with Crippen molar-refractivity contribution in [3.8, 4) is 27.4 Å². The largest absolute Gasteiger partial charge is 0.508 e. The number of nitrogens with zero attached hydrogens (tertiary/aromatic N) is 6. The summed E-state index contributed by atoms with van der Waals surface area (Å²) in [7, 11) is 0. The third-order valence-electron chi connectivity index (χ3n) is 7.91. The summed E-state index contributed by atoms with van der Waals surface area (Å²) in [5, 5.41) is 23.8. The number of carbonyl (C=O) groups is 2. The van der Waals surface area contributed by atoms with E-state index in [9.17, 15) is 14.7 Å². The van der Waals surface area contributed by atoms with E-state index in [0.717, 1.165) is 32.8 Å². The molecule has 46 heavy (non-hydrogen) atoms. The Bertz CT molecular complexity index is 1990. The molecule has 5 aromatic rings. The van der Waals surface area contributed by atoms with Crippen LogP contribution in [0.3, 0.4) is 0 Å². The van der Waals surface area contributed by atoms with Crippen LogP contribution in [0.2, 0.25) is 0 Å². The number of phenols is 1. The number of hydrazone groups is 1. The first-order valence-electron chi connectivity index (χ1n) is 14.4. The molecule has 2 unspecified atom stereocenters. The minimum Gasteiger partial charge on any atom is -0.508 e. The number of fused-ring (bicyclic) bond motifs is 1. The summed E-state index contributed by atoms with van der Waals surface area (Å²) in [5.74, 6) is -0.376. The summed E-state index contributed by atoms with van der Waals surface area (Å²) in [4.78, 5) is 34.4. The Hall–Kier alpha value is -5.33. The average molecular weight is 646 g/mol. The van der Waals surface area contributed by atoms with Crippen molar-refractivity contribution in [3.63, 3.8) is 0 Å². The van der Waals surface area contributed by atoms with Gasteiger partial charge in [0.25, 0.3) is 5.91 Å². The normalized spacial score (nSPS) is 18.0. The zero-order valence-electron chi connectivity index (χ0n) is 24.5. The second kappa shape index (κ2) is 12.2. The van der Waals surface area contributed by atoms with Gasteiger partial charge in [-0.1, -0.05) is 53.8 Å². The Labute approximate surface area is 274 Å². The van der Waals surface area contributed by atoms with Crippen LogP contribution in [0.15, 0.2) is 102 Å². The maximum atomic E-state index is 14.0. The molecule has 2 N–H and O–H groups in total. The molecule has 0 aliphatic carbocycles. The number of aromatic hydroxyl groups is 1. The minimum atomic E-state index is -0.575. The number of pyridine rings is 1. The highest BCUT2D eigenvalue weighted by Crippen LogP contribution is 2.39. The van der Waals surface area contributed by atoms with E-state index in [1.807, 2.05) is 60.7 Å². The third-order valence-corrected chi connectivity index (χ3v) is 9.23. The van der Waals surface area contributed by atoms with Gasteiger partial charge in [0, 0.05) is 36.0 Å². The first-order valence-corrected chi connectivity index (χ1v) is 15.8. The van der Waals surface area contributed by atoms with Gasteiger partial charge in [-0.05, 0) is 59.7 Å². The molecule has 2 aromatic heterocycles. The molecule has 10 nitrogen and oxygen atoms in total. The van der Waals surface area contributed by atoms with Gasteiger partial charge in [0.2, 0.25) is 5.91 Å². The number of benzene rings is 3. The maximum absolute atomic E-state index is 14.0. The molecule has 228 valence electrons. The van der Waals surface area contributed by atoms with Crippen LogP contribution in [0.1, 0.15) is 23.1 Å². The summed E-state index contributed by atoms with van der Waals surface area (Å²) in [6, 6.07) is 25.5. The SMILES string of the molecule is CC(=O)N(CN1C(=O)/C(=C\c2nnc(-c3ccc(-c4ccncc4)cc3)s2)c2ccccc21)C1C(c2ccc(O)cc2)=NNC1S. The fourth-order valence-electron chi connectivity index (χ4n) is 5.61. The third kappa shape index (κ3) is 5.52. The lowest BCUT2D eigenvalue weighted by Gasteiger charge is -2.34. The standard InChI is InChI=1S/C34H27N7O3S2/c1-20(42)40(31-30(37-38-32(31)45)23-10-12-25(43)13-11-23)19-41-28-5-3-2-4-26(28)27(34(41)44)18-29-36-39-33(46-29)24-8-6-21(7-9-24)22-14-16-35-17-15-22/h2-18,31-32,38,43,45H,19H2,1H3/b27-18-. The predicted molar refractivity (Wildman–Crippen MR) is 182 cm³/mol. The number of carbonyl (C=O) groups excluding carboxylic acids is 2. The fourth-order valence-corrected chi connectivity index (χ4v) is 6.76. The number of hydrogen-bond acceptors (Lipinski definition) is 10. The second-order valence-electron chi connectivity index (χ2n) is 10.8. The Morgan fingerprint density at radius 3 is 2.37 bits per heavy atom. The van der Waals surface area contributed by atoms with E-state index in [0.29, 0.717) is 22.0 Å². The lowest BCUT2D eigenvalue weighted by molar-refractivity contribution is -0.130. The number of rotatable bonds is 7. The molecular formula is C34H27N7O3S2.